The molecule has 2 aromatic rings. The van der Waals surface area contributed by atoms with Crippen molar-refractivity contribution in [3.8, 4) is 11.1 Å². The molecular formula is C27H32N2O5. The van der Waals surface area contributed by atoms with Gasteiger partial charge >= 0.3 is 12.1 Å². The maximum Gasteiger partial charge on any atom is 0.407 e. The number of hydrogen-bond acceptors (Lipinski definition) is 4. The standard InChI is InChI=1S/C27H32N2O5/c1-2-18(16-25(30)29-15-9-3-4-14-24(29)26(31)32)28-27(33)34-17-23-21-12-7-5-10-19(21)20-11-6-8-13-22(20)23/h5-8,10-13,18,23-24H,2-4,9,14-17H2,1H3,(H,28,33)(H,31,32)/t18-,24?/m0/s1. The van der Waals surface area contributed by atoms with Gasteiger partial charge in [0.25, 0.3) is 0 Å². The van der Waals surface area contributed by atoms with Crippen molar-refractivity contribution in [2.75, 3.05) is 13.2 Å². The van der Waals surface area contributed by atoms with Crippen molar-refractivity contribution in [1.29, 1.82) is 0 Å². The van der Waals surface area contributed by atoms with Gasteiger partial charge < -0.3 is 20.1 Å². The number of aliphatic carboxylic acids is 1. The minimum atomic E-state index is -0.965. The summed E-state index contributed by atoms with van der Waals surface area (Å²) in [7, 11) is 0. The Hall–Kier alpha value is -3.35. The zero-order valence-electron chi connectivity index (χ0n) is 19.5. The van der Waals surface area contributed by atoms with Crippen LogP contribution in [0.5, 0.6) is 0 Å². The number of carbonyl (C=O) groups excluding carboxylic acids is 2. The predicted octanol–water partition coefficient (Wildman–Crippen LogP) is 4.55. The molecule has 7 heteroatoms. The van der Waals surface area contributed by atoms with Crippen LogP contribution < -0.4 is 5.32 Å². The molecule has 4 rings (SSSR count). The Morgan fingerprint density at radius 1 is 1.03 bits per heavy atom. The first-order chi connectivity index (χ1) is 16.5. The van der Waals surface area contributed by atoms with Crippen molar-refractivity contribution >= 4 is 18.0 Å². The third kappa shape index (κ3) is 5.08. The zero-order valence-corrected chi connectivity index (χ0v) is 19.5. The number of nitrogens with one attached hydrogen (secondary N) is 1. The van der Waals surface area contributed by atoms with Gasteiger partial charge in [0, 0.05) is 24.9 Å². The lowest BCUT2D eigenvalue weighted by atomic mass is 9.98. The summed E-state index contributed by atoms with van der Waals surface area (Å²) in [6.07, 6.45) is 3.03. The van der Waals surface area contributed by atoms with Crippen molar-refractivity contribution in [1.82, 2.24) is 10.2 Å². The van der Waals surface area contributed by atoms with Crippen LogP contribution in [0.25, 0.3) is 11.1 Å². The third-order valence-electron chi connectivity index (χ3n) is 6.94. The summed E-state index contributed by atoms with van der Waals surface area (Å²) < 4.78 is 5.61. The quantitative estimate of drug-likeness (QED) is 0.627. The van der Waals surface area contributed by atoms with Crippen molar-refractivity contribution in [3.63, 3.8) is 0 Å². The summed E-state index contributed by atoms with van der Waals surface area (Å²) in [4.78, 5) is 38.7. The molecule has 2 amide bonds. The van der Waals surface area contributed by atoms with Crippen molar-refractivity contribution < 1.29 is 24.2 Å². The van der Waals surface area contributed by atoms with E-state index >= 15 is 0 Å². The van der Waals surface area contributed by atoms with Gasteiger partial charge in [-0.15, -0.1) is 0 Å². The molecule has 1 aliphatic carbocycles. The molecule has 0 saturated carbocycles. The Bertz CT molecular complexity index is 1010. The van der Waals surface area contributed by atoms with Crippen LogP contribution in [0.4, 0.5) is 4.79 Å². The summed E-state index contributed by atoms with van der Waals surface area (Å²) in [5, 5.41) is 12.4. The van der Waals surface area contributed by atoms with Gasteiger partial charge in [-0.05, 0) is 41.5 Å². The minimum Gasteiger partial charge on any atom is -0.480 e. The van der Waals surface area contributed by atoms with Gasteiger partial charge in [0.15, 0.2) is 0 Å². The summed E-state index contributed by atoms with van der Waals surface area (Å²) in [5.41, 5.74) is 4.60. The number of fused-ring (bicyclic) bond motifs is 3. The molecule has 0 aromatic heterocycles. The van der Waals surface area contributed by atoms with Crippen LogP contribution in [0.2, 0.25) is 0 Å². The second kappa shape index (κ2) is 10.7. The van der Waals surface area contributed by atoms with Crippen LogP contribution in [0, 0.1) is 0 Å². The zero-order chi connectivity index (χ0) is 24.1. The van der Waals surface area contributed by atoms with E-state index in [1.807, 2.05) is 31.2 Å². The molecule has 2 N–H and O–H groups in total. The number of benzene rings is 2. The van der Waals surface area contributed by atoms with Gasteiger partial charge in [-0.3, -0.25) is 4.79 Å². The third-order valence-corrected chi connectivity index (χ3v) is 6.94. The van der Waals surface area contributed by atoms with E-state index in [-0.39, 0.29) is 24.9 Å². The molecule has 0 radical (unpaired) electrons. The van der Waals surface area contributed by atoms with E-state index in [1.165, 1.54) is 4.90 Å². The van der Waals surface area contributed by atoms with Crippen molar-refractivity contribution in [3.05, 3.63) is 59.7 Å². The van der Waals surface area contributed by atoms with E-state index in [9.17, 15) is 19.5 Å². The molecular weight excluding hydrogens is 432 g/mol. The molecule has 1 saturated heterocycles. The van der Waals surface area contributed by atoms with E-state index in [0.29, 0.717) is 19.4 Å². The van der Waals surface area contributed by atoms with Crippen LogP contribution in [-0.2, 0) is 14.3 Å². The van der Waals surface area contributed by atoms with Gasteiger partial charge in [-0.25, -0.2) is 9.59 Å². The molecule has 7 nitrogen and oxygen atoms in total. The second-order valence-electron chi connectivity index (χ2n) is 9.07. The SMILES string of the molecule is CC[C@@H](CC(=O)N1CCCCCC1C(=O)O)NC(=O)OCC1c2ccccc2-c2ccccc21. The van der Waals surface area contributed by atoms with E-state index in [2.05, 4.69) is 29.6 Å². The van der Waals surface area contributed by atoms with E-state index in [4.69, 9.17) is 4.74 Å². The Kier molecular flexibility index (Phi) is 7.50. The Balaban J connectivity index is 1.36. The van der Waals surface area contributed by atoms with Gasteiger partial charge in [0.1, 0.15) is 12.6 Å². The molecule has 1 aliphatic heterocycles. The molecule has 1 unspecified atom stereocenters. The summed E-state index contributed by atoms with van der Waals surface area (Å²) in [6, 6.07) is 15.1. The van der Waals surface area contributed by atoms with E-state index in [1.54, 1.807) is 0 Å². The number of nitrogens with zero attached hydrogens (tertiary/aromatic N) is 1. The van der Waals surface area contributed by atoms with Crippen LogP contribution in [-0.4, -0.2) is 53.2 Å². The first-order valence-corrected chi connectivity index (χ1v) is 12.1. The van der Waals surface area contributed by atoms with Crippen molar-refractivity contribution in [2.45, 2.75) is 63.5 Å². The fourth-order valence-electron chi connectivity index (χ4n) is 5.10. The highest BCUT2D eigenvalue weighted by atomic mass is 16.5. The van der Waals surface area contributed by atoms with Gasteiger partial charge in [-0.1, -0.05) is 68.3 Å². The average molecular weight is 465 g/mol. The molecule has 34 heavy (non-hydrogen) atoms. The summed E-state index contributed by atoms with van der Waals surface area (Å²) in [6.45, 7) is 2.54. The smallest absolute Gasteiger partial charge is 0.407 e. The first kappa shape index (κ1) is 23.8. The number of rotatable bonds is 7. The minimum absolute atomic E-state index is 0.0340. The van der Waals surface area contributed by atoms with Crippen molar-refractivity contribution in [2.24, 2.45) is 0 Å². The van der Waals surface area contributed by atoms with E-state index < -0.39 is 24.1 Å². The number of ether oxygens (including phenoxy) is 1. The highest BCUT2D eigenvalue weighted by Crippen LogP contribution is 2.44. The molecule has 1 fully saturated rings. The average Bonchev–Trinajstić information content (AvgIpc) is 2.97. The Morgan fingerprint density at radius 3 is 2.29 bits per heavy atom. The molecule has 0 spiro atoms. The Labute approximate surface area is 200 Å². The Morgan fingerprint density at radius 2 is 1.68 bits per heavy atom. The number of carboxylic acids is 1. The summed E-state index contributed by atoms with van der Waals surface area (Å²) >= 11 is 0. The maximum atomic E-state index is 12.9. The highest BCUT2D eigenvalue weighted by molar-refractivity contribution is 5.84. The number of hydrogen-bond donors (Lipinski definition) is 2. The second-order valence-corrected chi connectivity index (χ2v) is 9.07. The van der Waals surface area contributed by atoms with Gasteiger partial charge in [-0.2, -0.15) is 0 Å². The van der Waals surface area contributed by atoms with Crippen LogP contribution >= 0.6 is 0 Å². The topological polar surface area (TPSA) is 95.9 Å². The molecule has 2 aliphatic rings. The van der Waals surface area contributed by atoms with Gasteiger partial charge in [0.2, 0.25) is 5.91 Å². The lowest BCUT2D eigenvalue weighted by molar-refractivity contribution is -0.150. The maximum absolute atomic E-state index is 12.9. The van der Waals surface area contributed by atoms with Crippen LogP contribution in [0.15, 0.2) is 48.5 Å². The number of carboxylic acid groups (broad SMARTS) is 1. The predicted molar refractivity (Wildman–Crippen MR) is 129 cm³/mol. The number of carbonyl (C=O) groups is 3. The fraction of sp³-hybridized carbons (Fsp3) is 0.444. The molecule has 0 bridgehead atoms. The van der Waals surface area contributed by atoms with Gasteiger partial charge in [0.05, 0.1) is 0 Å². The first-order valence-electron chi connectivity index (χ1n) is 12.1. The number of amides is 2. The number of alkyl carbamates (subject to hydrolysis) is 1. The van der Waals surface area contributed by atoms with Crippen LogP contribution in [0.3, 0.4) is 0 Å². The lowest BCUT2D eigenvalue weighted by Crippen LogP contribution is -2.47. The molecule has 2 aromatic carbocycles. The lowest BCUT2D eigenvalue weighted by Gasteiger charge is -2.28. The molecule has 180 valence electrons. The fourth-order valence-corrected chi connectivity index (χ4v) is 5.10. The monoisotopic (exact) mass is 464 g/mol. The molecule has 2 atom stereocenters. The normalized spacial score (nSPS) is 18.4. The number of likely N-dealkylation sites (tertiary alicyclic amines) is 1. The summed E-state index contributed by atoms with van der Waals surface area (Å²) in [5.74, 6) is -1.24. The van der Waals surface area contributed by atoms with E-state index in [0.717, 1.165) is 41.5 Å². The van der Waals surface area contributed by atoms with Crippen LogP contribution in [0.1, 0.15) is 62.5 Å². The molecule has 1 heterocycles. The largest absolute Gasteiger partial charge is 0.480 e. The highest BCUT2D eigenvalue weighted by Gasteiger charge is 2.32.